The second-order valence-electron chi connectivity index (χ2n) is 6.18. The number of pyridine rings is 1. The predicted molar refractivity (Wildman–Crippen MR) is 109 cm³/mol. The first-order valence-corrected chi connectivity index (χ1v) is 8.86. The topological polar surface area (TPSA) is 54.5 Å². The van der Waals surface area contributed by atoms with Crippen LogP contribution in [0.25, 0.3) is 0 Å². The van der Waals surface area contributed by atoms with Gasteiger partial charge in [0.15, 0.2) is 0 Å². The molecular weight excluding hydrogens is 338 g/mol. The number of benzene rings is 2. The molecule has 0 bridgehead atoms. The van der Waals surface area contributed by atoms with E-state index in [9.17, 15) is 4.79 Å². The lowest BCUT2D eigenvalue weighted by atomic mass is 10.1. The molecule has 0 radical (unpaired) electrons. The minimum Gasteiger partial charge on any atom is -0.495 e. The van der Waals surface area contributed by atoms with E-state index in [2.05, 4.69) is 10.3 Å². The summed E-state index contributed by atoms with van der Waals surface area (Å²) in [6.07, 6.45) is 3.28. The maximum atomic E-state index is 13.0. The normalized spacial score (nSPS) is 10.3. The van der Waals surface area contributed by atoms with E-state index in [1.807, 2.05) is 62.4 Å². The number of aromatic nitrogens is 1. The standard InChI is InChI=1S/C22H23N3O2/c1-4-25(19-9-7-8-16(2)12-19)22(26)17-13-18(15-23-14-17)24-20-10-5-6-11-21(20)27-3/h5-15,24H,4H2,1-3H3. The van der Waals surface area contributed by atoms with Crippen LogP contribution in [-0.2, 0) is 0 Å². The van der Waals surface area contributed by atoms with E-state index in [1.54, 1.807) is 30.5 Å². The number of nitrogens with zero attached hydrogens (tertiary/aromatic N) is 2. The maximum Gasteiger partial charge on any atom is 0.259 e. The Labute approximate surface area is 159 Å². The molecular formula is C22H23N3O2. The fraction of sp³-hybridized carbons (Fsp3) is 0.182. The van der Waals surface area contributed by atoms with Crippen molar-refractivity contribution in [1.29, 1.82) is 0 Å². The highest BCUT2D eigenvalue weighted by Gasteiger charge is 2.17. The second-order valence-corrected chi connectivity index (χ2v) is 6.18. The van der Waals surface area contributed by atoms with Gasteiger partial charge >= 0.3 is 0 Å². The first kappa shape index (κ1) is 18.5. The van der Waals surface area contributed by atoms with Crippen LogP contribution in [0, 0.1) is 6.92 Å². The van der Waals surface area contributed by atoms with Crippen molar-refractivity contribution in [3.8, 4) is 5.75 Å². The first-order valence-electron chi connectivity index (χ1n) is 8.86. The second kappa shape index (κ2) is 8.36. The molecule has 0 atom stereocenters. The molecule has 3 rings (SSSR count). The number of amides is 1. The maximum absolute atomic E-state index is 13.0. The Hall–Kier alpha value is -3.34. The molecule has 1 heterocycles. The number of aryl methyl sites for hydroxylation is 1. The number of hydrogen-bond acceptors (Lipinski definition) is 4. The van der Waals surface area contributed by atoms with E-state index >= 15 is 0 Å². The van der Waals surface area contributed by atoms with E-state index in [0.717, 1.165) is 28.4 Å². The Kier molecular flexibility index (Phi) is 5.71. The molecule has 5 heteroatoms. The number of carbonyl (C=O) groups is 1. The highest BCUT2D eigenvalue weighted by atomic mass is 16.5. The number of ether oxygens (including phenoxy) is 1. The third-order valence-electron chi connectivity index (χ3n) is 4.25. The van der Waals surface area contributed by atoms with Gasteiger partial charge in [-0.25, -0.2) is 0 Å². The fourth-order valence-corrected chi connectivity index (χ4v) is 2.92. The van der Waals surface area contributed by atoms with Gasteiger partial charge in [0.05, 0.1) is 30.2 Å². The molecule has 0 spiro atoms. The van der Waals surface area contributed by atoms with E-state index in [-0.39, 0.29) is 5.91 Å². The van der Waals surface area contributed by atoms with E-state index in [4.69, 9.17) is 4.74 Å². The fourth-order valence-electron chi connectivity index (χ4n) is 2.92. The van der Waals surface area contributed by atoms with Gasteiger partial charge < -0.3 is 15.0 Å². The van der Waals surface area contributed by atoms with Crippen LogP contribution in [0.5, 0.6) is 5.75 Å². The molecule has 2 aromatic carbocycles. The van der Waals surface area contributed by atoms with Crippen molar-refractivity contribution >= 4 is 23.0 Å². The van der Waals surface area contributed by atoms with Crippen LogP contribution < -0.4 is 15.0 Å². The van der Waals surface area contributed by atoms with Gasteiger partial charge in [-0.3, -0.25) is 9.78 Å². The predicted octanol–water partition coefficient (Wildman–Crippen LogP) is 4.81. The lowest BCUT2D eigenvalue weighted by Gasteiger charge is -2.21. The SMILES string of the molecule is CCN(C(=O)c1cncc(Nc2ccccc2OC)c1)c1cccc(C)c1. The van der Waals surface area contributed by atoms with Crippen LogP contribution in [0.15, 0.2) is 67.0 Å². The Morgan fingerprint density at radius 1 is 1.11 bits per heavy atom. The average Bonchev–Trinajstić information content (AvgIpc) is 2.69. The van der Waals surface area contributed by atoms with Crippen LogP contribution in [-0.4, -0.2) is 24.5 Å². The molecule has 27 heavy (non-hydrogen) atoms. The summed E-state index contributed by atoms with van der Waals surface area (Å²) in [7, 11) is 1.62. The molecule has 5 nitrogen and oxygen atoms in total. The molecule has 0 aliphatic heterocycles. The van der Waals surface area contributed by atoms with Gasteiger partial charge in [0.1, 0.15) is 5.75 Å². The van der Waals surface area contributed by atoms with Gasteiger partial charge in [0, 0.05) is 18.4 Å². The molecule has 0 saturated carbocycles. The van der Waals surface area contributed by atoms with Gasteiger partial charge in [0.25, 0.3) is 5.91 Å². The quantitative estimate of drug-likeness (QED) is 0.685. The van der Waals surface area contributed by atoms with Crippen LogP contribution in [0.4, 0.5) is 17.1 Å². The van der Waals surface area contributed by atoms with Gasteiger partial charge in [-0.05, 0) is 49.7 Å². The zero-order valence-electron chi connectivity index (χ0n) is 15.8. The molecule has 1 aromatic heterocycles. The molecule has 0 aliphatic carbocycles. The smallest absolute Gasteiger partial charge is 0.259 e. The van der Waals surface area contributed by atoms with Crippen molar-refractivity contribution in [2.24, 2.45) is 0 Å². The summed E-state index contributed by atoms with van der Waals surface area (Å²) in [6.45, 7) is 4.55. The average molecular weight is 361 g/mol. The molecule has 0 saturated heterocycles. The number of para-hydroxylation sites is 2. The number of anilines is 3. The van der Waals surface area contributed by atoms with Crippen molar-refractivity contribution in [3.63, 3.8) is 0 Å². The molecule has 138 valence electrons. The number of carbonyl (C=O) groups excluding carboxylic acids is 1. The Bertz CT molecular complexity index is 940. The van der Waals surface area contributed by atoms with Gasteiger partial charge in [-0.2, -0.15) is 0 Å². The van der Waals surface area contributed by atoms with Crippen molar-refractivity contribution in [2.45, 2.75) is 13.8 Å². The molecule has 1 amide bonds. The number of hydrogen-bond donors (Lipinski definition) is 1. The van der Waals surface area contributed by atoms with Crippen LogP contribution in [0.3, 0.4) is 0 Å². The van der Waals surface area contributed by atoms with Gasteiger partial charge in [0.2, 0.25) is 0 Å². The van der Waals surface area contributed by atoms with Crippen LogP contribution in [0.1, 0.15) is 22.8 Å². The van der Waals surface area contributed by atoms with E-state index in [1.165, 1.54) is 0 Å². The van der Waals surface area contributed by atoms with Crippen molar-refractivity contribution < 1.29 is 9.53 Å². The zero-order valence-corrected chi connectivity index (χ0v) is 15.8. The summed E-state index contributed by atoms with van der Waals surface area (Å²) >= 11 is 0. The molecule has 0 fully saturated rings. The highest BCUT2D eigenvalue weighted by Crippen LogP contribution is 2.27. The minimum atomic E-state index is -0.0840. The highest BCUT2D eigenvalue weighted by molar-refractivity contribution is 6.06. The first-order chi connectivity index (χ1) is 13.1. The van der Waals surface area contributed by atoms with E-state index < -0.39 is 0 Å². The van der Waals surface area contributed by atoms with Crippen LogP contribution in [0.2, 0.25) is 0 Å². The van der Waals surface area contributed by atoms with Crippen molar-refractivity contribution in [3.05, 3.63) is 78.1 Å². The Balaban J connectivity index is 1.87. The largest absolute Gasteiger partial charge is 0.495 e. The van der Waals surface area contributed by atoms with Gasteiger partial charge in [-0.1, -0.05) is 24.3 Å². The minimum absolute atomic E-state index is 0.0840. The number of nitrogens with one attached hydrogen (secondary N) is 1. The Morgan fingerprint density at radius 2 is 1.93 bits per heavy atom. The number of methoxy groups -OCH3 is 1. The molecule has 1 N–H and O–H groups in total. The third-order valence-corrected chi connectivity index (χ3v) is 4.25. The van der Waals surface area contributed by atoms with Crippen molar-refractivity contribution in [1.82, 2.24) is 4.98 Å². The summed E-state index contributed by atoms with van der Waals surface area (Å²) in [5, 5.41) is 3.27. The third kappa shape index (κ3) is 4.26. The number of rotatable bonds is 6. The zero-order chi connectivity index (χ0) is 19.2. The summed E-state index contributed by atoms with van der Waals surface area (Å²) in [4.78, 5) is 19.0. The lowest BCUT2D eigenvalue weighted by molar-refractivity contribution is 0.0988. The summed E-state index contributed by atoms with van der Waals surface area (Å²) in [6, 6.07) is 17.3. The van der Waals surface area contributed by atoms with Gasteiger partial charge in [-0.15, -0.1) is 0 Å². The van der Waals surface area contributed by atoms with Crippen LogP contribution >= 0.6 is 0 Å². The summed E-state index contributed by atoms with van der Waals surface area (Å²) in [5.41, 5.74) is 4.07. The monoisotopic (exact) mass is 361 g/mol. The molecule has 0 aliphatic rings. The summed E-state index contributed by atoms with van der Waals surface area (Å²) < 4.78 is 5.36. The van der Waals surface area contributed by atoms with Crippen molar-refractivity contribution in [2.75, 3.05) is 23.9 Å². The molecule has 0 unspecified atom stereocenters. The lowest BCUT2D eigenvalue weighted by Crippen LogP contribution is -2.30. The summed E-state index contributed by atoms with van der Waals surface area (Å²) in [5.74, 6) is 0.642. The van der Waals surface area contributed by atoms with E-state index in [0.29, 0.717) is 12.1 Å². The molecule has 3 aromatic rings. The Morgan fingerprint density at radius 3 is 2.67 bits per heavy atom.